The van der Waals surface area contributed by atoms with Crippen LogP contribution in [0.5, 0.6) is 5.75 Å². The van der Waals surface area contributed by atoms with Gasteiger partial charge in [0.2, 0.25) is 5.95 Å². The van der Waals surface area contributed by atoms with Gasteiger partial charge in [-0.15, -0.1) is 0 Å². The smallest absolute Gasteiger partial charge is 0.251 e. The Labute approximate surface area is 199 Å². The first-order valence-electron chi connectivity index (χ1n) is 11.2. The van der Waals surface area contributed by atoms with E-state index >= 15 is 0 Å². The van der Waals surface area contributed by atoms with E-state index in [1.165, 1.54) is 5.56 Å². The van der Waals surface area contributed by atoms with Crippen LogP contribution in [0.15, 0.2) is 67.0 Å². The lowest BCUT2D eigenvalue weighted by Crippen LogP contribution is -2.46. The fraction of sp³-hybridized carbons (Fsp3) is 0.320. The molecule has 0 radical (unpaired) electrons. The van der Waals surface area contributed by atoms with Crippen molar-refractivity contribution in [2.75, 3.05) is 44.2 Å². The maximum atomic E-state index is 12.1. The van der Waals surface area contributed by atoms with E-state index in [1.54, 1.807) is 36.7 Å². The Bertz CT molecular complexity index is 1020. The summed E-state index contributed by atoms with van der Waals surface area (Å²) in [5.74, 6) is 1.52. The van der Waals surface area contributed by atoms with Crippen LogP contribution in [0.3, 0.4) is 0 Å². The molecule has 2 aromatic carbocycles. The third-order valence-electron chi connectivity index (χ3n) is 5.50. The standard InChI is InChI=1S/C25H28ClN5O2/c26-22-5-1-4-21(18-22)24(32)27-12-3-17-33-23-8-6-20(7-9-23)19-30-13-15-31(16-14-30)25-28-10-2-11-29-25/h1-2,4-11,18H,3,12-17,19H2,(H,27,32). The summed E-state index contributed by atoms with van der Waals surface area (Å²) in [6.07, 6.45) is 4.30. The number of aromatic nitrogens is 2. The molecule has 0 spiro atoms. The number of carbonyl (C=O) groups excluding carboxylic acids is 1. The molecule has 33 heavy (non-hydrogen) atoms. The van der Waals surface area contributed by atoms with Crippen molar-refractivity contribution in [3.05, 3.63) is 83.1 Å². The molecule has 0 aliphatic carbocycles. The van der Waals surface area contributed by atoms with Crippen LogP contribution in [0, 0.1) is 0 Å². The number of nitrogens with zero attached hydrogens (tertiary/aromatic N) is 4. The van der Waals surface area contributed by atoms with E-state index in [0.29, 0.717) is 23.7 Å². The Morgan fingerprint density at radius 1 is 1.00 bits per heavy atom. The first-order valence-corrected chi connectivity index (χ1v) is 11.5. The highest BCUT2D eigenvalue weighted by molar-refractivity contribution is 6.30. The normalized spacial score (nSPS) is 14.2. The van der Waals surface area contributed by atoms with E-state index < -0.39 is 0 Å². The zero-order chi connectivity index (χ0) is 22.9. The molecule has 172 valence electrons. The van der Waals surface area contributed by atoms with Crippen molar-refractivity contribution in [1.29, 1.82) is 0 Å². The number of hydrogen-bond donors (Lipinski definition) is 1. The minimum absolute atomic E-state index is 0.126. The minimum Gasteiger partial charge on any atom is -0.494 e. The number of benzene rings is 2. The highest BCUT2D eigenvalue weighted by Crippen LogP contribution is 2.16. The molecule has 1 amide bonds. The van der Waals surface area contributed by atoms with Crippen LogP contribution in [0.1, 0.15) is 22.3 Å². The highest BCUT2D eigenvalue weighted by atomic mass is 35.5. The van der Waals surface area contributed by atoms with Gasteiger partial charge in [0.15, 0.2) is 0 Å². The second-order valence-electron chi connectivity index (χ2n) is 7.92. The van der Waals surface area contributed by atoms with Gasteiger partial charge in [-0.05, 0) is 48.4 Å². The molecule has 7 nitrogen and oxygen atoms in total. The lowest BCUT2D eigenvalue weighted by atomic mass is 10.2. The number of piperazine rings is 1. The predicted molar refractivity (Wildman–Crippen MR) is 130 cm³/mol. The van der Waals surface area contributed by atoms with Gasteiger partial charge in [-0.2, -0.15) is 0 Å². The molecule has 4 rings (SSSR count). The van der Waals surface area contributed by atoms with Crippen LogP contribution in [-0.2, 0) is 6.54 Å². The number of ether oxygens (including phenoxy) is 1. The molecule has 0 unspecified atom stereocenters. The number of rotatable bonds is 9. The maximum absolute atomic E-state index is 12.1. The van der Waals surface area contributed by atoms with Crippen LogP contribution in [0.25, 0.3) is 0 Å². The van der Waals surface area contributed by atoms with Gasteiger partial charge in [-0.3, -0.25) is 9.69 Å². The van der Waals surface area contributed by atoms with Crippen molar-refractivity contribution in [3.8, 4) is 5.75 Å². The molecular weight excluding hydrogens is 438 g/mol. The molecule has 1 fully saturated rings. The van der Waals surface area contributed by atoms with Crippen LogP contribution in [0.4, 0.5) is 5.95 Å². The van der Waals surface area contributed by atoms with Gasteiger partial charge in [0.05, 0.1) is 6.61 Å². The van der Waals surface area contributed by atoms with E-state index in [-0.39, 0.29) is 5.91 Å². The Kier molecular flexibility index (Phi) is 8.11. The van der Waals surface area contributed by atoms with Gasteiger partial charge >= 0.3 is 0 Å². The summed E-state index contributed by atoms with van der Waals surface area (Å²) in [7, 11) is 0. The minimum atomic E-state index is -0.126. The van der Waals surface area contributed by atoms with Crippen molar-refractivity contribution in [2.24, 2.45) is 0 Å². The molecule has 1 N–H and O–H groups in total. The first-order chi connectivity index (χ1) is 16.2. The fourth-order valence-electron chi connectivity index (χ4n) is 3.71. The van der Waals surface area contributed by atoms with Crippen molar-refractivity contribution >= 4 is 23.5 Å². The third-order valence-corrected chi connectivity index (χ3v) is 5.73. The number of halogens is 1. The summed E-state index contributed by atoms with van der Waals surface area (Å²) >= 11 is 5.93. The zero-order valence-electron chi connectivity index (χ0n) is 18.5. The molecule has 0 bridgehead atoms. The molecule has 1 saturated heterocycles. The summed E-state index contributed by atoms with van der Waals surface area (Å²) in [6.45, 7) is 5.83. The van der Waals surface area contributed by atoms with Gasteiger partial charge in [0.1, 0.15) is 5.75 Å². The molecule has 2 heterocycles. The maximum Gasteiger partial charge on any atom is 0.251 e. The Balaban J connectivity index is 1.13. The average molecular weight is 466 g/mol. The number of anilines is 1. The first kappa shape index (κ1) is 23.0. The summed E-state index contributed by atoms with van der Waals surface area (Å²) in [6, 6.07) is 17.0. The molecule has 1 aliphatic heterocycles. The number of carbonyl (C=O) groups is 1. The summed E-state index contributed by atoms with van der Waals surface area (Å²) in [5, 5.41) is 3.44. The van der Waals surface area contributed by atoms with Gasteiger partial charge < -0.3 is 15.0 Å². The van der Waals surface area contributed by atoms with Crippen LogP contribution < -0.4 is 15.0 Å². The third kappa shape index (κ3) is 6.91. The van der Waals surface area contributed by atoms with E-state index in [4.69, 9.17) is 16.3 Å². The SMILES string of the molecule is O=C(NCCCOc1ccc(CN2CCN(c3ncccn3)CC2)cc1)c1cccc(Cl)c1. The monoisotopic (exact) mass is 465 g/mol. The lowest BCUT2D eigenvalue weighted by molar-refractivity contribution is 0.0951. The largest absolute Gasteiger partial charge is 0.494 e. The van der Waals surface area contributed by atoms with Crippen LogP contribution >= 0.6 is 11.6 Å². The second-order valence-corrected chi connectivity index (χ2v) is 8.36. The lowest BCUT2D eigenvalue weighted by Gasteiger charge is -2.34. The summed E-state index contributed by atoms with van der Waals surface area (Å²) in [4.78, 5) is 25.4. The molecular formula is C25H28ClN5O2. The van der Waals surface area contributed by atoms with Crippen LogP contribution in [0.2, 0.25) is 5.02 Å². The van der Waals surface area contributed by atoms with Crippen molar-refractivity contribution < 1.29 is 9.53 Å². The van der Waals surface area contributed by atoms with Gasteiger partial charge in [0.25, 0.3) is 5.91 Å². The van der Waals surface area contributed by atoms with E-state index in [2.05, 4.69) is 37.2 Å². The number of hydrogen-bond acceptors (Lipinski definition) is 6. The van der Waals surface area contributed by atoms with E-state index in [1.807, 2.05) is 18.2 Å². The van der Waals surface area contributed by atoms with Gasteiger partial charge in [-0.25, -0.2) is 9.97 Å². The second kappa shape index (κ2) is 11.6. The summed E-state index contributed by atoms with van der Waals surface area (Å²) in [5.41, 5.74) is 1.83. The van der Waals surface area contributed by atoms with Gasteiger partial charge in [0, 0.05) is 62.2 Å². The molecule has 1 aromatic heterocycles. The molecule has 0 saturated carbocycles. The predicted octanol–water partition coefficient (Wildman–Crippen LogP) is 3.65. The Morgan fingerprint density at radius 3 is 2.48 bits per heavy atom. The van der Waals surface area contributed by atoms with E-state index in [0.717, 1.165) is 50.8 Å². The Hall–Kier alpha value is -3.16. The zero-order valence-corrected chi connectivity index (χ0v) is 19.2. The van der Waals surface area contributed by atoms with Crippen molar-refractivity contribution in [3.63, 3.8) is 0 Å². The van der Waals surface area contributed by atoms with Crippen LogP contribution in [-0.4, -0.2) is 60.1 Å². The number of nitrogens with one attached hydrogen (secondary N) is 1. The fourth-order valence-corrected chi connectivity index (χ4v) is 3.90. The molecule has 8 heteroatoms. The highest BCUT2D eigenvalue weighted by Gasteiger charge is 2.18. The number of amides is 1. The molecule has 0 atom stereocenters. The quantitative estimate of drug-likeness (QED) is 0.486. The van der Waals surface area contributed by atoms with Crippen molar-refractivity contribution in [1.82, 2.24) is 20.2 Å². The molecule has 3 aromatic rings. The Morgan fingerprint density at radius 2 is 1.76 bits per heavy atom. The topological polar surface area (TPSA) is 70.6 Å². The summed E-state index contributed by atoms with van der Waals surface area (Å²) < 4.78 is 5.81. The van der Waals surface area contributed by atoms with Gasteiger partial charge in [-0.1, -0.05) is 29.8 Å². The van der Waals surface area contributed by atoms with Crippen molar-refractivity contribution in [2.45, 2.75) is 13.0 Å². The average Bonchev–Trinajstić information content (AvgIpc) is 2.86. The van der Waals surface area contributed by atoms with E-state index in [9.17, 15) is 4.79 Å². The molecule has 1 aliphatic rings.